The van der Waals surface area contributed by atoms with E-state index in [1.54, 1.807) is 6.07 Å². The van der Waals surface area contributed by atoms with Gasteiger partial charge in [-0.15, -0.1) is 0 Å². The van der Waals surface area contributed by atoms with Crippen LogP contribution in [0.5, 0.6) is 0 Å². The van der Waals surface area contributed by atoms with E-state index in [0.29, 0.717) is 5.56 Å². The molecule has 1 N–H and O–H groups in total. The number of H-pyrrole nitrogens is 1. The van der Waals surface area contributed by atoms with Crippen LogP contribution in [-0.4, -0.2) is 79.0 Å². The smallest absolute Gasteiger partial charge is 0.255 e. The molecule has 2 rings (SSSR count). The molecule has 1 aromatic rings. The average Bonchev–Trinajstić information content (AvgIpc) is 2.46. The molecule has 6 heteroatoms. The molecule has 0 spiro atoms. The van der Waals surface area contributed by atoms with Gasteiger partial charge in [0.05, 0.1) is 5.56 Å². The first kappa shape index (κ1) is 14.7. The summed E-state index contributed by atoms with van der Waals surface area (Å²) in [7, 11) is 4.13. The molecule has 110 valence electrons. The molecular formula is C14H22N4O2. The van der Waals surface area contributed by atoms with Gasteiger partial charge in [-0.2, -0.15) is 0 Å². The zero-order valence-electron chi connectivity index (χ0n) is 12.1. The van der Waals surface area contributed by atoms with Gasteiger partial charge in [0.1, 0.15) is 0 Å². The van der Waals surface area contributed by atoms with Gasteiger partial charge in [-0.25, -0.2) is 0 Å². The minimum atomic E-state index is -0.185. The molecule has 1 amide bonds. The van der Waals surface area contributed by atoms with Crippen LogP contribution in [0.3, 0.4) is 0 Å². The SMILES string of the molecule is CN(C)CCN1CCN(C(=O)c2ccc(=O)[nH]c2)CC1. The first-order valence-electron chi connectivity index (χ1n) is 6.91. The average molecular weight is 278 g/mol. The van der Waals surface area contributed by atoms with Crippen LogP contribution in [0.1, 0.15) is 10.4 Å². The van der Waals surface area contributed by atoms with E-state index in [9.17, 15) is 9.59 Å². The number of aromatic nitrogens is 1. The zero-order chi connectivity index (χ0) is 14.5. The molecule has 1 aliphatic rings. The Morgan fingerprint density at radius 1 is 1.25 bits per heavy atom. The van der Waals surface area contributed by atoms with Gasteiger partial charge in [0.2, 0.25) is 5.56 Å². The lowest BCUT2D eigenvalue weighted by atomic mass is 10.2. The van der Waals surface area contributed by atoms with Crippen LogP contribution >= 0.6 is 0 Å². The maximum Gasteiger partial charge on any atom is 0.255 e. The summed E-state index contributed by atoms with van der Waals surface area (Å²) in [6.07, 6.45) is 1.49. The summed E-state index contributed by atoms with van der Waals surface area (Å²) in [6.45, 7) is 5.37. The fourth-order valence-corrected chi connectivity index (χ4v) is 2.24. The molecule has 0 unspecified atom stereocenters. The summed E-state index contributed by atoms with van der Waals surface area (Å²) < 4.78 is 0. The fraction of sp³-hybridized carbons (Fsp3) is 0.571. The molecule has 0 aliphatic carbocycles. The van der Waals surface area contributed by atoms with Crippen LogP contribution < -0.4 is 5.56 Å². The van der Waals surface area contributed by atoms with Gasteiger partial charge in [-0.3, -0.25) is 14.5 Å². The van der Waals surface area contributed by atoms with E-state index >= 15 is 0 Å². The molecule has 0 bridgehead atoms. The number of hydrogen-bond acceptors (Lipinski definition) is 4. The summed E-state index contributed by atoms with van der Waals surface area (Å²) in [5.74, 6) is -0.00601. The molecular weight excluding hydrogens is 256 g/mol. The number of nitrogens with zero attached hydrogens (tertiary/aromatic N) is 3. The van der Waals surface area contributed by atoms with Gasteiger partial charge in [0.25, 0.3) is 5.91 Å². The summed E-state index contributed by atoms with van der Waals surface area (Å²) in [5, 5.41) is 0. The van der Waals surface area contributed by atoms with Crippen LogP contribution in [0.15, 0.2) is 23.1 Å². The number of amides is 1. The van der Waals surface area contributed by atoms with E-state index in [1.807, 2.05) is 4.90 Å². The highest BCUT2D eigenvalue weighted by Gasteiger charge is 2.21. The second-order valence-corrected chi connectivity index (χ2v) is 5.38. The van der Waals surface area contributed by atoms with Crippen molar-refractivity contribution in [3.05, 3.63) is 34.2 Å². The first-order chi connectivity index (χ1) is 9.56. The van der Waals surface area contributed by atoms with Crippen LogP contribution in [0.4, 0.5) is 0 Å². The summed E-state index contributed by atoms with van der Waals surface area (Å²) in [5.41, 5.74) is 0.362. The number of carbonyl (C=O) groups excluding carboxylic acids is 1. The maximum atomic E-state index is 12.3. The number of carbonyl (C=O) groups is 1. The van der Waals surface area contributed by atoms with Crippen molar-refractivity contribution >= 4 is 5.91 Å². The topological polar surface area (TPSA) is 59.6 Å². The minimum absolute atomic E-state index is 0.00601. The number of pyridine rings is 1. The zero-order valence-corrected chi connectivity index (χ0v) is 12.1. The number of nitrogens with one attached hydrogen (secondary N) is 1. The first-order valence-corrected chi connectivity index (χ1v) is 6.91. The highest BCUT2D eigenvalue weighted by Crippen LogP contribution is 2.07. The Labute approximate surface area is 119 Å². The molecule has 1 fully saturated rings. The summed E-state index contributed by atoms with van der Waals surface area (Å²) in [4.78, 5) is 32.2. The Balaban J connectivity index is 1.85. The van der Waals surface area contributed by atoms with Crippen molar-refractivity contribution < 1.29 is 4.79 Å². The predicted octanol–water partition coefficient (Wildman–Crippen LogP) is -0.306. The van der Waals surface area contributed by atoms with Crippen LogP contribution in [-0.2, 0) is 0 Å². The van der Waals surface area contributed by atoms with E-state index in [0.717, 1.165) is 39.3 Å². The Morgan fingerprint density at radius 2 is 1.95 bits per heavy atom. The lowest BCUT2D eigenvalue weighted by Gasteiger charge is -2.35. The molecule has 1 aliphatic heterocycles. The van der Waals surface area contributed by atoms with Crippen LogP contribution in [0.25, 0.3) is 0 Å². The second kappa shape index (κ2) is 6.67. The second-order valence-electron chi connectivity index (χ2n) is 5.38. The van der Waals surface area contributed by atoms with E-state index in [-0.39, 0.29) is 11.5 Å². The third kappa shape index (κ3) is 3.91. The van der Waals surface area contributed by atoms with Crippen molar-refractivity contribution in [1.29, 1.82) is 0 Å². The molecule has 1 aromatic heterocycles. The molecule has 2 heterocycles. The van der Waals surface area contributed by atoms with E-state index < -0.39 is 0 Å². The Hall–Kier alpha value is -1.66. The molecule has 0 aromatic carbocycles. The van der Waals surface area contributed by atoms with Gasteiger partial charge in [0.15, 0.2) is 0 Å². The van der Waals surface area contributed by atoms with Gasteiger partial charge in [-0.1, -0.05) is 0 Å². The van der Waals surface area contributed by atoms with Crippen molar-refractivity contribution in [3.63, 3.8) is 0 Å². The Kier molecular flexibility index (Phi) is 4.92. The van der Waals surface area contributed by atoms with Crippen molar-refractivity contribution in [2.24, 2.45) is 0 Å². The number of likely N-dealkylation sites (N-methyl/N-ethyl adjacent to an activating group) is 1. The van der Waals surface area contributed by atoms with Crippen LogP contribution in [0, 0.1) is 0 Å². The van der Waals surface area contributed by atoms with Crippen molar-refractivity contribution in [1.82, 2.24) is 19.7 Å². The third-order valence-electron chi connectivity index (χ3n) is 3.55. The normalized spacial score (nSPS) is 16.6. The number of piperazine rings is 1. The molecule has 1 saturated heterocycles. The van der Waals surface area contributed by atoms with E-state index in [2.05, 4.69) is 28.9 Å². The molecule has 0 saturated carbocycles. The largest absolute Gasteiger partial charge is 0.336 e. The van der Waals surface area contributed by atoms with Gasteiger partial charge in [-0.05, 0) is 20.2 Å². The highest BCUT2D eigenvalue weighted by atomic mass is 16.2. The number of rotatable bonds is 4. The molecule has 6 nitrogen and oxygen atoms in total. The monoisotopic (exact) mass is 278 g/mol. The quantitative estimate of drug-likeness (QED) is 0.821. The lowest BCUT2D eigenvalue weighted by Crippen LogP contribution is -2.50. The van der Waals surface area contributed by atoms with Gasteiger partial charge in [0, 0.05) is 51.5 Å². The third-order valence-corrected chi connectivity index (χ3v) is 3.55. The Bertz CT molecular complexity index is 484. The van der Waals surface area contributed by atoms with E-state index in [1.165, 1.54) is 12.3 Å². The molecule has 0 radical (unpaired) electrons. The fourth-order valence-electron chi connectivity index (χ4n) is 2.24. The number of aromatic amines is 1. The standard InChI is InChI=1S/C14H22N4O2/c1-16(2)5-6-17-7-9-18(10-8-17)14(20)12-3-4-13(19)15-11-12/h3-4,11H,5-10H2,1-2H3,(H,15,19). The number of hydrogen-bond donors (Lipinski definition) is 1. The maximum absolute atomic E-state index is 12.3. The van der Waals surface area contributed by atoms with Crippen molar-refractivity contribution in [2.75, 3.05) is 53.4 Å². The molecule has 0 atom stereocenters. The highest BCUT2D eigenvalue weighted by molar-refractivity contribution is 5.93. The Morgan fingerprint density at radius 3 is 2.50 bits per heavy atom. The van der Waals surface area contributed by atoms with Gasteiger partial charge >= 0.3 is 0 Å². The molecule has 20 heavy (non-hydrogen) atoms. The predicted molar refractivity (Wildman–Crippen MR) is 78.0 cm³/mol. The van der Waals surface area contributed by atoms with Gasteiger partial charge < -0.3 is 14.8 Å². The summed E-state index contributed by atoms with van der Waals surface area (Å²) >= 11 is 0. The van der Waals surface area contributed by atoms with Crippen molar-refractivity contribution in [3.8, 4) is 0 Å². The van der Waals surface area contributed by atoms with E-state index in [4.69, 9.17) is 0 Å². The summed E-state index contributed by atoms with van der Waals surface area (Å²) in [6, 6.07) is 2.97. The lowest BCUT2D eigenvalue weighted by molar-refractivity contribution is 0.0629. The minimum Gasteiger partial charge on any atom is -0.336 e. The van der Waals surface area contributed by atoms with Crippen molar-refractivity contribution in [2.45, 2.75) is 0 Å². The van der Waals surface area contributed by atoms with Crippen LogP contribution in [0.2, 0.25) is 0 Å².